The second-order valence-corrected chi connectivity index (χ2v) is 5.08. The summed E-state index contributed by atoms with van der Waals surface area (Å²) in [4.78, 5) is 12.5. The maximum absolute atomic E-state index is 12.5. The molecule has 0 aliphatic rings. The van der Waals surface area contributed by atoms with Gasteiger partial charge in [0.25, 0.3) is 5.91 Å². The molecule has 0 bridgehead atoms. The minimum absolute atomic E-state index is 0.112. The van der Waals surface area contributed by atoms with E-state index in [9.17, 15) is 4.79 Å². The summed E-state index contributed by atoms with van der Waals surface area (Å²) in [5, 5.41) is 4.93. The SMILES string of the molecule is O=C(Nc1cccc(CCl)c1)c1cccc2ccccc12. The van der Waals surface area contributed by atoms with Gasteiger partial charge in [-0.3, -0.25) is 4.79 Å². The number of nitrogens with one attached hydrogen (secondary N) is 1. The molecule has 0 saturated heterocycles. The van der Waals surface area contributed by atoms with Crippen LogP contribution >= 0.6 is 11.6 Å². The molecule has 0 unspecified atom stereocenters. The molecule has 2 nitrogen and oxygen atoms in total. The lowest BCUT2D eigenvalue weighted by molar-refractivity contribution is 0.102. The highest BCUT2D eigenvalue weighted by molar-refractivity contribution is 6.17. The third kappa shape index (κ3) is 2.91. The van der Waals surface area contributed by atoms with Gasteiger partial charge in [0.2, 0.25) is 0 Å². The Balaban J connectivity index is 1.93. The van der Waals surface area contributed by atoms with Crippen molar-refractivity contribution < 1.29 is 4.79 Å². The Kier molecular flexibility index (Phi) is 3.89. The largest absolute Gasteiger partial charge is 0.322 e. The summed E-state index contributed by atoms with van der Waals surface area (Å²) in [6.45, 7) is 0. The molecule has 0 saturated carbocycles. The molecule has 0 radical (unpaired) electrons. The van der Waals surface area contributed by atoms with Gasteiger partial charge in [-0.15, -0.1) is 11.6 Å². The van der Waals surface area contributed by atoms with Crippen LogP contribution in [0.1, 0.15) is 15.9 Å². The monoisotopic (exact) mass is 295 g/mol. The number of hydrogen-bond acceptors (Lipinski definition) is 1. The first-order valence-corrected chi connectivity index (χ1v) is 7.25. The minimum atomic E-state index is -0.112. The molecule has 1 amide bonds. The predicted octanol–water partition coefficient (Wildman–Crippen LogP) is 4.83. The Labute approximate surface area is 128 Å². The highest BCUT2D eigenvalue weighted by atomic mass is 35.5. The molecule has 104 valence electrons. The second kappa shape index (κ2) is 5.98. The van der Waals surface area contributed by atoms with Crippen molar-refractivity contribution in [2.75, 3.05) is 5.32 Å². The molecule has 0 aliphatic carbocycles. The van der Waals surface area contributed by atoms with Gasteiger partial charge in [-0.1, -0.05) is 48.5 Å². The van der Waals surface area contributed by atoms with Crippen molar-refractivity contribution in [2.45, 2.75) is 5.88 Å². The van der Waals surface area contributed by atoms with E-state index in [2.05, 4.69) is 5.32 Å². The van der Waals surface area contributed by atoms with Gasteiger partial charge < -0.3 is 5.32 Å². The highest BCUT2D eigenvalue weighted by Gasteiger charge is 2.09. The number of carbonyl (C=O) groups is 1. The molecule has 0 atom stereocenters. The standard InChI is InChI=1S/C18H14ClNO/c19-12-13-5-3-8-15(11-13)20-18(21)17-10-4-7-14-6-1-2-9-16(14)17/h1-11H,12H2,(H,20,21). The van der Waals surface area contributed by atoms with E-state index in [4.69, 9.17) is 11.6 Å². The van der Waals surface area contributed by atoms with E-state index in [1.165, 1.54) is 0 Å². The molecule has 3 heteroatoms. The van der Waals surface area contributed by atoms with Gasteiger partial charge in [0, 0.05) is 17.1 Å². The lowest BCUT2D eigenvalue weighted by Crippen LogP contribution is -2.12. The van der Waals surface area contributed by atoms with E-state index in [1.54, 1.807) is 0 Å². The lowest BCUT2D eigenvalue weighted by atomic mass is 10.0. The molecule has 3 aromatic carbocycles. The van der Waals surface area contributed by atoms with Crippen molar-refractivity contribution in [3.63, 3.8) is 0 Å². The first-order chi connectivity index (χ1) is 10.3. The quantitative estimate of drug-likeness (QED) is 0.689. The summed E-state index contributed by atoms with van der Waals surface area (Å²) in [6.07, 6.45) is 0. The van der Waals surface area contributed by atoms with Crippen LogP contribution in [0, 0.1) is 0 Å². The Morgan fingerprint density at radius 3 is 2.57 bits per heavy atom. The first-order valence-electron chi connectivity index (χ1n) is 6.72. The van der Waals surface area contributed by atoms with Crippen LogP contribution in [-0.4, -0.2) is 5.91 Å². The fourth-order valence-electron chi connectivity index (χ4n) is 2.35. The van der Waals surface area contributed by atoms with Gasteiger partial charge in [-0.2, -0.15) is 0 Å². The number of rotatable bonds is 3. The summed E-state index contributed by atoms with van der Waals surface area (Å²) in [6, 6.07) is 21.2. The van der Waals surface area contributed by atoms with Crippen LogP contribution in [0.3, 0.4) is 0 Å². The Bertz CT molecular complexity index is 793. The van der Waals surface area contributed by atoms with Gasteiger partial charge in [0.05, 0.1) is 0 Å². The Hall–Kier alpha value is -2.32. The van der Waals surface area contributed by atoms with Gasteiger partial charge in [-0.25, -0.2) is 0 Å². The molecular formula is C18H14ClNO. The minimum Gasteiger partial charge on any atom is -0.322 e. The fourth-order valence-corrected chi connectivity index (χ4v) is 2.52. The fraction of sp³-hybridized carbons (Fsp3) is 0.0556. The normalized spacial score (nSPS) is 10.5. The number of halogens is 1. The number of benzene rings is 3. The van der Waals surface area contributed by atoms with Crippen molar-refractivity contribution in [2.24, 2.45) is 0 Å². The number of fused-ring (bicyclic) bond motifs is 1. The second-order valence-electron chi connectivity index (χ2n) is 4.81. The third-order valence-corrected chi connectivity index (χ3v) is 3.68. The zero-order valence-corrected chi connectivity index (χ0v) is 12.1. The summed E-state index contributed by atoms with van der Waals surface area (Å²) >= 11 is 5.82. The number of carbonyl (C=O) groups excluding carboxylic acids is 1. The molecule has 1 N–H and O–H groups in total. The molecule has 0 spiro atoms. The topological polar surface area (TPSA) is 29.1 Å². The molecular weight excluding hydrogens is 282 g/mol. The third-order valence-electron chi connectivity index (χ3n) is 3.37. The van der Waals surface area contributed by atoms with Crippen LogP contribution in [0.2, 0.25) is 0 Å². The molecule has 0 aromatic heterocycles. The summed E-state index contributed by atoms with van der Waals surface area (Å²) in [7, 11) is 0. The van der Waals surface area contributed by atoms with Gasteiger partial charge in [0.1, 0.15) is 0 Å². The molecule has 0 fully saturated rings. The highest BCUT2D eigenvalue weighted by Crippen LogP contribution is 2.20. The van der Waals surface area contributed by atoms with Crippen molar-refractivity contribution in [1.82, 2.24) is 0 Å². The molecule has 3 aromatic rings. The number of anilines is 1. The van der Waals surface area contributed by atoms with Crippen molar-refractivity contribution in [3.05, 3.63) is 77.9 Å². The number of hydrogen-bond donors (Lipinski definition) is 1. The van der Waals surface area contributed by atoms with E-state index in [0.717, 1.165) is 22.0 Å². The number of alkyl halides is 1. The average molecular weight is 296 g/mol. The van der Waals surface area contributed by atoms with Crippen molar-refractivity contribution in [3.8, 4) is 0 Å². The summed E-state index contributed by atoms with van der Waals surface area (Å²) in [5.41, 5.74) is 2.41. The maximum atomic E-state index is 12.5. The molecule has 0 aliphatic heterocycles. The van der Waals surface area contributed by atoms with E-state index in [-0.39, 0.29) is 5.91 Å². The Morgan fingerprint density at radius 1 is 0.952 bits per heavy atom. The van der Waals surface area contributed by atoms with Crippen LogP contribution < -0.4 is 5.32 Å². The van der Waals surface area contributed by atoms with E-state index in [0.29, 0.717) is 11.4 Å². The average Bonchev–Trinajstić information content (AvgIpc) is 2.54. The maximum Gasteiger partial charge on any atom is 0.256 e. The predicted molar refractivity (Wildman–Crippen MR) is 87.9 cm³/mol. The van der Waals surface area contributed by atoms with Gasteiger partial charge >= 0.3 is 0 Å². The lowest BCUT2D eigenvalue weighted by Gasteiger charge is -2.09. The molecule has 0 heterocycles. The zero-order valence-electron chi connectivity index (χ0n) is 11.3. The van der Waals surface area contributed by atoms with Crippen LogP contribution in [0.25, 0.3) is 10.8 Å². The first kappa shape index (κ1) is 13.7. The smallest absolute Gasteiger partial charge is 0.256 e. The van der Waals surface area contributed by atoms with E-state index < -0.39 is 0 Å². The summed E-state index contributed by atoms with van der Waals surface area (Å²) in [5.74, 6) is 0.316. The summed E-state index contributed by atoms with van der Waals surface area (Å²) < 4.78 is 0. The molecule has 21 heavy (non-hydrogen) atoms. The van der Waals surface area contributed by atoms with Gasteiger partial charge in [-0.05, 0) is 34.5 Å². The van der Waals surface area contributed by atoms with Crippen molar-refractivity contribution in [1.29, 1.82) is 0 Å². The van der Waals surface area contributed by atoms with Gasteiger partial charge in [0.15, 0.2) is 0 Å². The zero-order chi connectivity index (χ0) is 14.7. The van der Waals surface area contributed by atoms with Crippen molar-refractivity contribution >= 4 is 34.0 Å². The Morgan fingerprint density at radius 2 is 1.71 bits per heavy atom. The van der Waals surface area contributed by atoms with Crippen LogP contribution in [0.5, 0.6) is 0 Å². The van der Waals surface area contributed by atoms with Crippen LogP contribution in [0.15, 0.2) is 66.7 Å². The van der Waals surface area contributed by atoms with Crippen LogP contribution in [-0.2, 0) is 5.88 Å². The van der Waals surface area contributed by atoms with Crippen LogP contribution in [0.4, 0.5) is 5.69 Å². The van der Waals surface area contributed by atoms with E-state index in [1.807, 2.05) is 66.7 Å². The molecule has 3 rings (SSSR count). The number of amides is 1. The van der Waals surface area contributed by atoms with E-state index >= 15 is 0 Å².